The van der Waals surface area contributed by atoms with Crippen LogP contribution in [-0.2, 0) is 4.74 Å². The van der Waals surface area contributed by atoms with Crippen molar-refractivity contribution in [3.8, 4) is 0 Å². The first kappa shape index (κ1) is 14.9. The number of ether oxygens (including phenoxy) is 1. The van der Waals surface area contributed by atoms with E-state index in [1.165, 1.54) is 13.0 Å². The van der Waals surface area contributed by atoms with Gasteiger partial charge in [-0.05, 0) is 24.3 Å². The average molecular weight is 242 g/mol. The molecule has 0 aromatic heterocycles. The van der Waals surface area contributed by atoms with Gasteiger partial charge in [-0.1, -0.05) is 27.7 Å². The molecule has 1 aliphatic heterocycles. The molecule has 0 aromatic carbocycles. The molecule has 1 heterocycles. The van der Waals surface area contributed by atoms with Crippen molar-refractivity contribution in [2.75, 3.05) is 45.9 Å². The molecule has 0 aromatic rings. The van der Waals surface area contributed by atoms with Crippen LogP contribution in [0, 0.1) is 11.3 Å². The van der Waals surface area contributed by atoms with Crippen molar-refractivity contribution in [1.82, 2.24) is 10.2 Å². The molecule has 1 N–H and O–H groups in total. The summed E-state index contributed by atoms with van der Waals surface area (Å²) in [7, 11) is 0. The van der Waals surface area contributed by atoms with Crippen LogP contribution in [-0.4, -0.2) is 50.8 Å². The summed E-state index contributed by atoms with van der Waals surface area (Å²) in [5.41, 5.74) is 0.395. The van der Waals surface area contributed by atoms with Crippen molar-refractivity contribution >= 4 is 0 Å². The lowest BCUT2D eigenvalue weighted by molar-refractivity contribution is 0.0178. The first-order chi connectivity index (χ1) is 8.06. The highest BCUT2D eigenvalue weighted by Crippen LogP contribution is 2.22. The van der Waals surface area contributed by atoms with E-state index in [1.807, 2.05) is 0 Å². The van der Waals surface area contributed by atoms with E-state index in [0.29, 0.717) is 5.41 Å². The molecule has 0 amide bonds. The second kappa shape index (κ2) is 7.34. The van der Waals surface area contributed by atoms with Gasteiger partial charge in [-0.25, -0.2) is 0 Å². The van der Waals surface area contributed by atoms with Gasteiger partial charge in [0.2, 0.25) is 0 Å². The molecule has 0 spiro atoms. The predicted molar refractivity (Wildman–Crippen MR) is 73.4 cm³/mol. The fraction of sp³-hybridized carbons (Fsp3) is 1.00. The van der Waals surface area contributed by atoms with Crippen LogP contribution in [0.4, 0.5) is 0 Å². The van der Waals surface area contributed by atoms with Gasteiger partial charge in [0.15, 0.2) is 0 Å². The third-order valence-corrected chi connectivity index (χ3v) is 3.67. The molecule has 1 saturated heterocycles. The van der Waals surface area contributed by atoms with E-state index in [-0.39, 0.29) is 0 Å². The molecule has 17 heavy (non-hydrogen) atoms. The van der Waals surface area contributed by atoms with Crippen LogP contribution >= 0.6 is 0 Å². The second-order valence-corrected chi connectivity index (χ2v) is 6.08. The van der Waals surface area contributed by atoms with Gasteiger partial charge in [-0.15, -0.1) is 0 Å². The lowest BCUT2D eigenvalue weighted by Crippen LogP contribution is -2.46. The smallest absolute Gasteiger partial charge is 0.0594 e. The SMILES string of the molecule is CCC(C)(CNCC(C)C)CN1CCOCC1. The zero-order chi connectivity index (χ0) is 12.7. The van der Waals surface area contributed by atoms with Crippen LogP contribution in [0.25, 0.3) is 0 Å². The van der Waals surface area contributed by atoms with Crippen LogP contribution in [0.3, 0.4) is 0 Å². The molecule has 1 aliphatic rings. The van der Waals surface area contributed by atoms with Crippen molar-refractivity contribution in [3.05, 3.63) is 0 Å². The van der Waals surface area contributed by atoms with E-state index in [4.69, 9.17) is 4.74 Å². The van der Waals surface area contributed by atoms with Gasteiger partial charge in [-0.2, -0.15) is 0 Å². The van der Waals surface area contributed by atoms with Crippen molar-refractivity contribution < 1.29 is 4.74 Å². The highest BCUT2D eigenvalue weighted by Gasteiger charge is 2.25. The highest BCUT2D eigenvalue weighted by atomic mass is 16.5. The predicted octanol–water partition coefficient (Wildman–Crippen LogP) is 1.98. The molecule has 1 rings (SSSR count). The topological polar surface area (TPSA) is 24.5 Å². The van der Waals surface area contributed by atoms with Crippen LogP contribution in [0.1, 0.15) is 34.1 Å². The van der Waals surface area contributed by atoms with Crippen LogP contribution in [0.5, 0.6) is 0 Å². The monoisotopic (exact) mass is 242 g/mol. The molecule has 3 nitrogen and oxygen atoms in total. The van der Waals surface area contributed by atoms with E-state index in [9.17, 15) is 0 Å². The summed E-state index contributed by atoms with van der Waals surface area (Å²) in [6.45, 7) is 16.7. The molecule has 1 unspecified atom stereocenters. The Morgan fingerprint density at radius 2 is 1.94 bits per heavy atom. The molecule has 1 atom stereocenters. The minimum absolute atomic E-state index is 0.395. The molecule has 3 heteroatoms. The van der Waals surface area contributed by atoms with Gasteiger partial charge in [0.1, 0.15) is 0 Å². The Labute approximate surface area is 107 Å². The lowest BCUT2D eigenvalue weighted by Gasteiger charge is -2.37. The van der Waals surface area contributed by atoms with Gasteiger partial charge in [-0.3, -0.25) is 4.90 Å². The third-order valence-electron chi connectivity index (χ3n) is 3.67. The highest BCUT2D eigenvalue weighted by molar-refractivity contribution is 4.80. The maximum absolute atomic E-state index is 5.40. The summed E-state index contributed by atoms with van der Waals surface area (Å²) >= 11 is 0. The van der Waals surface area contributed by atoms with Crippen LogP contribution in [0.15, 0.2) is 0 Å². The molecular formula is C14H30N2O. The van der Waals surface area contributed by atoms with E-state index in [2.05, 4.69) is 37.9 Å². The Morgan fingerprint density at radius 1 is 1.29 bits per heavy atom. The molecule has 102 valence electrons. The first-order valence-corrected chi connectivity index (χ1v) is 7.06. The van der Waals surface area contributed by atoms with Gasteiger partial charge < -0.3 is 10.1 Å². The normalized spacial score (nSPS) is 21.7. The first-order valence-electron chi connectivity index (χ1n) is 7.06. The molecule has 0 aliphatic carbocycles. The van der Waals surface area contributed by atoms with Crippen molar-refractivity contribution in [2.24, 2.45) is 11.3 Å². The Kier molecular flexibility index (Phi) is 6.45. The molecule has 1 fully saturated rings. The minimum atomic E-state index is 0.395. The third kappa shape index (κ3) is 5.84. The number of hydrogen-bond donors (Lipinski definition) is 1. The Bertz CT molecular complexity index is 202. The molecule has 0 saturated carbocycles. The molecular weight excluding hydrogens is 212 g/mol. The Hall–Kier alpha value is -0.120. The quantitative estimate of drug-likeness (QED) is 0.739. The van der Waals surface area contributed by atoms with Crippen LogP contribution < -0.4 is 5.32 Å². The maximum Gasteiger partial charge on any atom is 0.0594 e. The lowest BCUT2D eigenvalue weighted by atomic mass is 9.86. The standard InChI is InChI=1S/C14H30N2O/c1-5-14(4,11-15-10-13(2)3)12-16-6-8-17-9-7-16/h13,15H,5-12H2,1-4H3. The Balaban J connectivity index is 2.32. The average Bonchev–Trinajstić information content (AvgIpc) is 2.30. The van der Waals surface area contributed by atoms with Gasteiger partial charge in [0.25, 0.3) is 0 Å². The van der Waals surface area contributed by atoms with Gasteiger partial charge in [0.05, 0.1) is 13.2 Å². The zero-order valence-electron chi connectivity index (χ0n) is 12.1. The number of rotatable bonds is 7. The van der Waals surface area contributed by atoms with Crippen molar-refractivity contribution in [1.29, 1.82) is 0 Å². The summed E-state index contributed by atoms with van der Waals surface area (Å²) in [5.74, 6) is 0.736. The maximum atomic E-state index is 5.40. The van der Waals surface area contributed by atoms with Crippen LogP contribution in [0.2, 0.25) is 0 Å². The number of nitrogens with one attached hydrogen (secondary N) is 1. The fourth-order valence-electron chi connectivity index (χ4n) is 2.25. The van der Waals surface area contributed by atoms with E-state index >= 15 is 0 Å². The fourth-order valence-corrected chi connectivity index (χ4v) is 2.25. The number of nitrogens with zero attached hydrogens (tertiary/aromatic N) is 1. The molecule has 0 bridgehead atoms. The van der Waals surface area contributed by atoms with E-state index in [1.54, 1.807) is 0 Å². The summed E-state index contributed by atoms with van der Waals surface area (Å²) in [5, 5.41) is 3.61. The summed E-state index contributed by atoms with van der Waals surface area (Å²) < 4.78 is 5.40. The zero-order valence-corrected chi connectivity index (χ0v) is 12.1. The largest absolute Gasteiger partial charge is 0.379 e. The molecule has 0 radical (unpaired) electrons. The van der Waals surface area contributed by atoms with Gasteiger partial charge in [0, 0.05) is 26.2 Å². The number of morpholine rings is 1. The minimum Gasteiger partial charge on any atom is -0.379 e. The second-order valence-electron chi connectivity index (χ2n) is 6.08. The summed E-state index contributed by atoms with van der Waals surface area (Å²) in [4.78, 5) is 2.55. The summed E-state index contributed by atoms with van der Waals surface area (Å²) in [6, 6.07) is 0. The van der Waals surface area contributed by atoms with E-state index < -0.39 is 0 Å². The number of hydrogen-bond acceptors (Lipinski definition) is 3. The van der Waals surface area contributed by atoms with Gasteiger partial charge >= 0.3 is 0 Å². The Morgan fingerprint density at radius 3 is 2.47 bits per heavy atom. The van der Waals surface area contributed by atoms with Crippen molar-refractivity contribution in [2.45, 2.75) is 34.1 Å². The van der Waals surface area contributed by atoms with E-state index in [0.717, 1.165) is 45.3 Å². The van der Waals surface area contributed by atoms with Crippen molar-refractivity contribution in [3.63, 3.8) is 0 Å². The summed E-state index contributed by atoms with van der Waals surface area (Å²) in [6.07, 6.45) is 1.23.